The number of oxime groups is 1. The number of β-lactam (4-membered cyclic amide) rings is 1. The summed E-state index contributed by atoms with van der Waals surface area (Å²) in [7, 11) is 1.26. The molecule has 36 heavy (non-hydrogen) atoms. The number of pyridine rings is 1. The van der Waals surface area contributed by atoms with Crippen LogP contribution in [0.5, 0.6) is 0 Å². The quantitative estimate of drug-likeness (QED) is 0.140. The number of aromatic nitrogens is 4. The molecule has 13 nitrogen and oxygen atoms in total. The van der Waals surface area contributed by atoms with Crippen molar-refractivity contribution in [1.29, 1.82) is 0 Å². The molecule has 1 fully saturated rings. The van der Waals surface area contributed by atoms with E-state index >= 15 is 0 Å². The standard InChI is InChI=1S/C21H20N8O5S2/c1-9-4-3-5-12-10(7-23-29(9)12)6-11-8-35-19-14(18(31)28(19)15(11)20(32)33)24-17(30)13(26-34-2)16-25-21(22)36-27-16/h3-5,7,14,19H,6,8H2,1-2H3,(H4,22,24,25,27,30,32,33)/p+1/t14-,19+/m1/s1. The number of nitrogens with two attached hydrogens (primary N) is 1. The lowest BCUT2D eigenvalue weighted by Gasteiger charge is -2.49. The van der Waals surface area contributed by atoms with Crippen LogP contribution in [-0.4, -0.2) is 72.2 Å². The zero-order valence-electron chi connectivity index (χ0n) is 19.1. The van der Waals surface area contributed by atoms with Crippen molar-refractivity contribution in [2.24, 2.45) is 5.16 Å². The van der Waals surface area contributed by atoms with Gasteiger partial charge in [-0.3, -0.25) is 14.5 Å². The predicted molar refractivity (Wildman–Crippen MR) is 130 cm³/mol. The smallest absolute Gasteiger partial charge is 0.352 e. The molecule has 2 aliphatic rings. The number of aryl methyl sites for hydroxylation is 1. The van der Waals surface area contributed by atoms with E-state index in [4.69, 9.17) is 10.6 Å². The minimum atomic E-state index is -1.19. The summed E-state index contributed by atoms with van der Waals surface area (Å²) >= 11 is 2.27. The van der Waals surface area contributed by atoms with Crippen LogP contribution in [0.15, 0.2) is 40.8 Å². The van der Waals surface area contributed by atoms with Crippen molar-refractivity contribution < 1.29 is 28.8 Å². The highest BCUT2D eigenvalue weighted by molar-refractivity contribution is 8.00. The number of carboxylic acid groups (broad SMARTS) is 1. The summed E-state index contributed by atoms with van der Waals surface area (Å²) in [6.45, 7) is 1.96. The van der Waals surface area contributed by atoms with Crippen molar-refractivity contribution >= 4 is 57.4 Å². The average Bonchev–Trinajstić information content (AvgIpc) is 3.47. The molecule has 5 N–H and O–H groups in total. The molecule has 0 saturated carbocycles. The second-order valence-electron chi connectivity index (χ2n) is 8.06. The molecular weight excluding hydrogens is 508 g/mol. The van der Waals surface area contributed by atoms with Crippen LogP contribution < -0.4 is 15.6 Å². The Bertz CT molecular complexity index is 1460. The van der Waals surface area contributed by atoms with Gasteiger partial charge in [-0.25, -0.2) is 4.79 Å². The molecule has 0 unspecified atom stereocenters. The molecule has 2 aliphatic heterocycles. The summed E-state index contributed by atoms with van der Waals surface area (Å²) < 4.78 is 5.88. The van der Waals surface area contributed by atoms with Gasteiger partial charge >= 0.3 is 5.97 Å². The Morgan fingerprint density at radius 3 is 2.94 bits per heavy atom. The number of carbonyl (C=O) groups is 3. The number of thioether (sulfide) groups is 1. The lowest BCUT2D eigenvalue weighted by molar-refractivity contribution is -0.583. The van der Waals surface area contributed by atoms with E-state index in [0.29, 0.717) is 17.7 Å². The van der Waals surface area contributed by atoms with Gasteiger partial charge in [0.25, 0.3) is 11.8 Å². The molecule has 0 radical (unpaired) electrons. The summed E-state index contributed by atoms with van der Waals surface area (Å²) in [4.78, 5) is 48.0. The molecule has 2 amide bonds. The van der Waals surface area contributed by atoms with Gasteiger partial charge in [-0.05, 0) is 11.6 Å². The minimum Gasteiger partial charge on any atom is -0.477 e. The molecule has 186 valence electrons. The van der Waals surface area contributed by atoms with Crippen LogP contribution in [0.1, 0.15) is 17.1 Å². The number of amides is 2. The van der Waals surface area contributed by atoms with Crippen molar-refractivity contribution in [3.8, 4) is 0 Å². The van der Waals surface area contributed by atoms with E-state index in [1.807, 2.05) is 35.8 Å². The molecule has 0 bridgehead atoms. The fraction of sp³-hybridized carbons (Fsp3) is 0.286. The second kappa shape index (κ2) is 9.23. The molecule has 1 saturated heterocycles. The summed E-state index contributed by atoms with van der Waals surface area (Å²) in [6, 6.07) is 4.90. The van der Waals surface area contributed by atoms with Gasteiger partial charge in [0.2, 0.25) is 22.7 Å². The van der Waals surface area contributed by atoms with Crippen LogP contribution in [0.2, 0.25) is 0 Å². The number of carboxylic acids is 1. The van der Waals surface area contributed by atoms with Gasteiger partial charge in [0, 0.05) is 42.8 Å². The molecule has 5 heterocycles. The molecule has 2 atom stereocenters. The normalized spacial score (nSPS) is 19.8. The van der Waals surface area contributed by atoms with Gasteiger partial charge < -0.3 is 21.0 Å². The van der Waals surface area contributed by atoms with Crippen molar-refractivity contribution in [1.82, 2.24) is 24.7 Å². The molecule has 3 aromatic rings. The highest BCUT2D eigenvalue weighted by atomic mass is 32.2. The number of nitrogens with zero attached hydrogens (tertiary/aromatic N) is 5. The van der Waals surface area contributed by atoms with Crippen molar-refractivity contribution in [3.63, 3.8) is 0 Å². The molecular formula is C21H21N8O5S2+. The number of nitrogens with one attached hydrogen (secondary N) is 2. The number of H-pyrrole nitrogens is 1. The number of carbonyl (C=O) groups excluding carboxylic acids is 2. The first-order valence-electron chi connectivity index (χ1n) is 10.7. The highest BCUT2D eigenvalue weighted by Gasteiger charge is 2.54. The Balaban J connectivity index is 1.38. The fourth-order valence-electron chi connectivity index (χ4n) is 4.26. The molecule has 0 aromatic carbocycles. The van der Waals surface area contributed by atoms with E-state index in [9.17, 15) is 19.5 Å². The van der Waals surface area contributed by atoms with E-state index < -0.39 is 29.2 Å². The lowest BCUT2D eigenvalue weighted by atomic mass is 9.99. The zero-order valence-corrected chi connectivity index (χ0v) is 20.7. The number of hydrogen-bond donors (Lipinski definition) is 4. The van der Waals surface area contributed by atoms with E-state index in [0.717, 1.165) is 28.3 Å². The number of rotatable bonds is 7. The maximum Gasteiger partial charge on any atom is 0.352 e. The first-order chi connectivity index (χ1) is 17.3. The lowest BCUT2D eigenvalue weighted by Crippen LogP contribution is -2.71. The molecule has 0 aliphatic carbocycles. The van der Waals surface area contributed by atoms with Gasteiger partial charge in [0.05, 0.1) is 11.8 Å². The van der Waals surface area contributed by atoms with Crippen LogP contribution >= 0.6 is 23.3 Å². The molecule has 3 aromatic heterocycles. The summed E-state index contributed by atoms with van der Waals surface area (Å²) in [6.07, 6.45) is 2.20. The second-order valence-corrected chi connectivity index (χ2v) is 9.95. The predicted octanol–water partition coefficient (Wildman–Crippen LogP) is -0.173. The largest absolute Gasteiger partial charge is 0.477 e. The Kier molecular flexibility index (Phi) is 6.09. The molecule has 0 spiro atoms. The minimum absolute atomic E-state index is 0.0305. The maximum absolute atomic E-state index is 13.0. The monoisotopic (exact) mass is 529 g/mol. The third-order valence-electron chi connectivity index (χ3n) is 5.87. The number of anilines is 1. The van der Waals surface area contributed by atoms with E-state index in [-0.39, 0.29) is 22.4 Å². The third-order valence-corrected chi connectivity index (χ3v) is 7.76. The summed E-state index contributed by atoms with van der Waals surface area (Å²) in [5.74, 6) is -2.10. The van der Waals surface area contributed by atoms with Gasteiger partial charge in [-0.1, -0.05) is 9.67 Å². The van der Waals surface area contributed by atoms with Gasteiger partial charge in [-0.2, -0.15) is 14.5 Å². The Morgan fingerprint density at radius 2 is 2.25 bits per heavy atom. The maximum atomic E-state index is 13.0. The van der Waals surface area contributed by atoms with E-state index in [1.54, 1.807) is 0 Å². The third kappa shape index (κ3) is 3.95. The number of hydrogen-bond acceptors (Lipinski definition) is 10. The number of fused-ring (bicyclic) bond motifs is 2. The Morgan fingerprint density at radius 1 is 1.44 bits per heavy atom. The summed E-state index contributed by atoms with van der Waals surface area (Å²) in [5, 5.41) is 19.0. The number of nitrogen functional groups attached to an aromatic ring is 1. The molecule has 15 heteroatoms. The Labute approximate surface area is 212 Å². The van der Waals surface area contributed by atoms with Gasteiger partial charge in [0.15, 0.2) is 5.13 Å². The molecule has 5 rings (SSSR count). The van der Waals surface area contributed by atoms with Crippen LogP contribution in [0.4, 0.5) is 5.13 Å². The van der Waals surface area contributed by atoms with Gasteiger partial charge in [0.1, 0.15) is 24.2 Å². The van der Waals surface area contributed by atoms with Crippen molar-refractivity contribution in [2.45, 2.75) is 24.8 Å². The van der Waals surface area contributed by atoms with Crippen LogP contribution in [0.3, 0.4) is 0 Å². The average molecular weight is 530 g/mol. The highest BCUT2D eigenvalue weighted by Crippen LogP contribution is 2.41. The Hall–Kier alpha value is -3.98. The topological polar surface area (TPSA) is 180 Å². The number of aromatic amines is 1. The van der Waals surface area contributed by atoms with Crippen LogP contribution in [0, 0.1) is 6.92 Å². The first kappa shape index (κ1) is 23.7. The van der Waals surface area contributed by atoms with Crippen molar-refractivity contribution in [3.05, 3.63) is 52.7 Å². The summed E-state index contributed by atoms with van der Waals surface area (Å²) in [5.41, 5.74) is 8.78. The fourth-order valence-corrected chi connectivity index (χ4v) is 6.04. The zero-order chi connectivity index (χ0) is 25.6. The first-order valence-corrected chi connectivity index (χ1v) is 12.5. The number of aliphatic carboxylic acids is 1. The van der Waals surface area contributed by atoms with E-state index in [2.05, 4.69) is 24.9 Å². The van der Waals surface area contributed by atoms with E-state index in [1.165, 1.54) is 23.8 Å². The van der Waals surface area contributed by atoms with Gasteiger partial charge in [-0.15, -0.1) is 11.8 Å². The van der Waals surface area contributed by atoms with Crippen LogP contribution in [-0.2, 0) is 25.6 Å². The van der Waals surface area contributed by atoms with Crippen LogP contribution in [0.25, 0.3) is 5.52 Å². The SMILES string of the molecule is CON=C(C(=O)N[C@@H]1C(=O)N2C(C(=O)O)=C(Cc3c[nH][n+]4c(C)cccc34)CS[C@@H]12)c1nsc(N)n1. The van der Waals surface area contributed by atoms with Crippen molar-refractivity contribution in [2.75, 3.05) is 18.6 Å².